The quantitative estimate of drug-likeness (QED) is 0.539. The Balaban J connectivity index is 1.77. The Morgan fingerprint density at radius 1 is 0.967 bits per heavy atom. The molecule has 1 saturated heterocycles. The van der Waals surface area contributed by atoms with Crippen LogP contribution < -0.4 is 10.2 Å². The molecule has 1 aliphatic heterocycles. The maximum absolute atomic E-state index is 13.0. The van der Waals surface area contributed by atoms with E-state index in [0.717, 1.165) is 33.1 Å². The minimum Gasteiger partial charge on any atom is -0.318 e. The Bertz CT molecular complexity index is 1210. The number of anilines is 1. The molecule has 1 fully saturated rings. The molecule has 150 valence electrons. The predicted molar refractivity (Wildman–Crippen MR) is 113 cm³/mol. The molecule has 0 spiro atoms. The third-order valence-electron chi connectivity index (χ3n) is 5.04. The first-order valence-corrected chi connectivity index (χ1v) is 9.44. The smallest absolute Gasteiger partial charge is 0.318 e. The van der Waals surface area contributed by atoms with Crippen LogP contribution >= 0.6 is 0 Å². The Morgan fingerprint density at radius 2 is 1.73 bits per heavy atom. The lowest BCUT2D eigenvalue weighted by Crippen LogP contribution is -2.54. The maximum Gasteiger partial charge on any atom is 0.336 e. The number of nitrogens with one attached hydrogen (secondary N) is 1. The van der Waals surface area contributed by atoms with Crippen molar-refractivity contribution in [2.24, 2.45) is 0 Å². The van der Waals surface area contributed by atoms with Gasteiger partial charge in [0.2, 0.25) is 0 Å². The normalized spacial score (nSPS) is 15.6. The van der Waals surface area contributed by atoms with Gasteiger partial charge in [-0.2, -0.15) is 0 Å². The van der Waals surface area contributed by atoms with E-state index >= 15 is 0 Å². The van der Waals surface area contributed by atoms with Gasteiger partial charge < -0.3 is 4.57 Å². The van der Waals surface area contributed by atoms with Crippen molar-refractivity contribution in [3.05, 3.63) is 82.9 Å². The summed E-state index contributed by atoms with van der Waals surface area (Å²) >= 11 is 0. The molecule has 7 nitrogen and oxygen atoms in total. The first-order chi connectivity index (χ1) is 14.4. The SMILES string of the molecule is Cc1cccc(-n2c(C)cc(/C=C3\C(=O)NC(=O)N(c4cccnc4)C3=O)c2C)c1. The molecule has 7 heteroatoms. The number of barbiturate groups is 1. The topological polar surface area (TPSA) is 84.3 Å². The first kappa shape index (κ1) is 19.3. The number of amides is 4. The van der Waals surface area contributed by atoms with Gasteiger partial charge in [-0.15, -0.1) is 0 Å². The van der Waals surface area contributed by atoms with Crippen LogP contribution in [0.4, 0.5) is 10.5 Å². The number of carbonyl (C=O) groups is 3. The number of aryl methyl sites for hydroxylation is 2. The number of aromatic nitrogens is 2. The van der Waals surface area contributed by atoms with Crippen LogP contribution in [0, 0.1) is 20.8 Å². The lowest BCUT2D eigenvalue weighted by atomic mass is 10.1. The zero-order chi connectivity index (χ0) is 21.4. The molecule has 30 heavy (non-hydrogen) atoms. The summed E-state index contributed by atoms with van der Waals surface area (Å²) in [6.45, 7) is 5.91. The predicted octanol–water partition coefficient (Wildman–Crippen LogP) is 3.46. The lowest BCUT2D eigenvalue weighted by molar-refractivity contribution is -0.122. The highest BCUT2D eigenvalue weighted by Crippen LogP contribution is 2.26. The summed E-state index contributed by atoms with van der Waals surface area (Å²) in [4.78, 5) is 42.6. The van der Waals surface area contributed by atoms with Gasteiger partial charge in [-0.25, -0.2) is 9.69 Å². The number of hydrogen-bond acceptors (Lipinski definition) is 4. The van der Waals surface area contributed by atoms with Crippen molar-refractivity contribution in [1.29, 1.82) is 0 Å². The van der Waals surface area contributed by atoms with E-state index in [1.54, 1.807) is 12.1 Å². The van der Waals surface area contributed by atoms with E-state index < -0.39 is 17.8 Å². The molecule has 3 heterocycles. The number of benzene rings is 1. The molecule has 0 atom stereocenters. The zero-order valence-electron chi connectivity index (χ0n) is 16.8. The monoisotopic (exact) mass is 400 g/mol. The molecule has 0 saturated carbocycles. The summed E-state index contributed by atoms with van der Waals surface area (Å²) in [5, 5.41) is 2.23. The number of imide groups is 2. The highest BCUT2D eigenvalue weighted by Gasteiger charge is 2.37. The average Bonchev–Trinajstić information content (AvgIpc) is 2.99. The molecule has 1 aliphatic rings. The lowest BCUT2D eigenvalue weighted by Gasteiger charge is -2.26. The molecule has 2 aromatic heterocycles. The van der Waals surface area contributed by atoms with Gasteiger partial charge in [0.1, 0.15) is 5.57 Å². The largest absolute Gasteiger partial charge is 0.336 e. The fourth-order valence-electron chi connectivity index (χ4n) is 3.63. The van der Waals surface area contributed by atoms with Gasteiger partial charge in [0.05, 0.1) is 11.9 Å². The van der Waals surface area contributed by atoms with E-state index in [1.165, 1.54) is 18.5 Å². The number of hydrogen-bond donors (Lipinski definition) is 1. The fraction of sp³-hybridized carbons (Fsp3) is 0.130. The summed E-state index contributed by atoms with van der Waals surface area (Å²) in [6.07, 6.45) is 4.47. The van der Waals surface area contributed by atoms with Crippen LogP contribution in [-0.4, -0.2) is 27.4 Å². The number of carbonyl (C=O) groups excluding carboxylic acids is 3. The van der Waals surface area contributed by atoms with Crippen LogP contribution in [0.1, 0.15) is 22.5 Å². The second-order valence-corrected chi connectivity index (χ2v) is 7.17. The maximum atomic E-state index is 13.0. The Morgan fingerprint density at radius 3 is 2.43 bits per heavy atom. The summed E-state index contributed by atoms with van der Waals surface area (Å²) in [5.41, 5.74) is 4.90. The standard InChI is InChI=1S/C23H20N4O3/c1-14-6-4-7-18(10-14)26-15(2)11-17(16(26)3)12-20-21(28)25-23(30)27(22(20)29)19-8-5-9-24-13-19/h4-13H,1-3H3,(H,25,28,30)/b20-12+. The molecule has 3 aromatic rings. The first-order valence-electron chi connectivity index (χ1n) is 9.44. The van der Waals surface area contributed by atoms with Crippen molar-refractivity contribution in [2.45, 2.75) is 20.8 Å². The van der Waals surface area contributed by atoms with Crippen LogP contribution in [0.25, 0.3) is 11.8 Å². The number of pyridine rings is 1. The fourth-order valence-corrected chi connectivity index (χ4v) is 3.63. The second kappa shape index (κ2) is 7.44. The van der Waals surface area contributed by atoms with Gasteiger partial charge in [0, 0.05) is 23.3 Å². The average molecular weight is 400 g/mol. The van der Waals surface area contributed by atoms with E-state index in [4.69, 9.17) is 0 Å². The van der Waals surface area contributed by atoms with Crippen molar-refractivity contribution in [3.8, 4) is 5.69 Å². The van der Waals surface area contributed by atoms with E-state index in [9.17, 15) is 14.4 Å². The minimum absolute atomic E-state index is 0.108. The van der Waals surface area contributed by atoms with Crippen molar-refractivity contribution >= 4 is 29.6 Å². The molecule has 1 N–H and O–H groups in total. The summed E-state index contributed by atoms with van der Waals surface area (Å²) in [7, 11) is 0. The third kappa shape index (κ3) is 3.30. The van der Waals surface area contributed by atoms with Crippen molar-refractivity contribution in [1.82, 2.24) is 14.9 Å². The van der Waals surface area contributed by atoms with Crippen molar-refractivity contribution in [2.75, 3.05) is 4.90 Å². The number of urea groups is 1. The molecule has 0 unspecified atom stereocenters. The van der Waals surface area contributed by atoms with E-state index in [1.807, 2.05) is 45.0 Å². The molecule has 4 amide bonds. The van der Waals surface area contributed by atoms with Crippen LogP contribution in [0.15, 0.2) is 60.4 Å². The van der Waals surface area contributed by atoms with Gasteiger partial charge in [-0.1, -0.05) is 12.1 Å². The minimum atomic E-state index is -0.791. The molecule has 1 aromatic carbocycles. The highest BCUT2D eigenvalue weighted by atomic mass is 16.2. The molecular weight excluding hydrogens is 380 g/mol. The molecule has 0 aliphatic carbocycles. The van der Waals surface area contributed by atoms with Crippen LogP contribution in [0.3, 0.4) is 0 Å². The zero-order valence-corrected chi connectivity index (χ0v) is 16.8. The molecular formula is C23H20N4O3. The Hall–Kier alpha value is -4.00. The summed E-state index contributed by atoms with van der Waals surface area (Å²) < 4.78 is 2.06. The van der Waals surface area contributed by atoms with E-state index in [2.05, 4.69) is 20.9 Å². The Labute approximate surface area is 173 Å². The molecule has 4 rings (SSSR count). The van der Waals surface area contributed by atoms with Crippen LogP contribution in [-0.2, 0) is 9.59 Å². The number of rotatable bonds is 3. The van der Waals surface area contributed by atoms with Gasteiger partial charge >= 0.3 is 6.03 Å². The van der Waals surface area contributed by atoms with Crippen molar-refractivity contribution < 1.29 is 14.4 Å². The van der Waals surface area contributed by atoms with Gasteiger partial charge in [0.15, 0.2) is 0 Å². The highest BCUT2D eigenvalue weighted by molar-refractivity contribution is 6.39. The van der Waals surface area contributed by atoms with Crippen LogP contribution in [0.5, 0.6) is 0 Å². The summed E-state index contributed by atoms with van der Waals surface area (Å²) in [5.74, 6) is -1.40. The van der Waals surface area contributed by atoms with Crippen LogP contribution in [0.2, 0.25) is 0 Å². The van der Waals surface area contributed by atoms with E-state index in [-0.39, 0.29) is 5.57 Å². The number of nitrogens with zero attached hydrogens (tertiary/aromatic N) is 3. The molecule has 0 bridgehead atoms. The summed E-state index contributed by atoms with van der Waals surface area (Å²) in [6, 6.07) is 12.4. The van der Waals surface area contributed by atoms with Gasteiger partial charge in [0.25, 0.3) is 11.8 Å². The van der Waals surface area contributed by atoms with E-state index in [0.29, 0.717) is 5.69 Å². The third-order valence-corrected chi connectivity index (χ3v) is 5.04. The van der Waals surface area contributed by atoms with Gasteiger partial charge in [-0.05, 0) is 68.3 Å². The van der Waals surface area contributed by atoms with Gasteiger partial charge in [-0.3, -0.25) is 19.9 Å². The van der Waals surface area contributed by atoms with Crippen molar-refractivity contribution in [3.63, 3.8) is 0 Å². The molecule has 0 radical (unpaired) electrons. The second-order valence-electron chi connectivity index (χ2n) is 7.17. The Kier molecular flexibility index (Phi) is 4.79.